The van der Waals surface area contributed by atoms with Gasteiger partial charge in [0.15, 0.2) is 5.75 Å². The number of ether oxygens (including phenoxy) is 1. The van der Waals surface area contributed by atoms with Gasteiger partial charge < -0.3 is 10.5 Å². The summed E-state index contributed by atoms with van der Waals surface area (Å²) in [7, 11) is 0. The molecule has 4 nitrogen and oxygen atoms in total. The summed E-state index contributed by atoms with van der Waals surface area (Å²) in [5.74, 6) is 1.53. The highest BCUT2D eigenvalue weighted by atomic mass is 79.9. The molecule has 102 valence electrons. The fraction of sp³-hybridized carbons (Fsp3) is 0.357. The molecule has 0 radical (unpaired) electrons. The predicted octanol–water partition coefficient (Wildman–Crippen LogP) is 3.52. The van der Waals surface area contributed by atoms with Gasteiger partial charge in [0.05, 0.1) is 12.4 Å². The Morgan fingerprint density at radius 3 is 2.74 bits per heavy atom. The number of nitrogens with zero attached hydrogens (tertiary/aromatic N) is 2. The standard InChI is InChI=1S/C14H18BrN3O/c1-10(2)18-9-13(8-17-18)19-12-4-3-11(5-6-16)14(15)7-12/h3-4,7-10H,5-6,16H2,1-2H3. The van der Waals surface area contributed by atoms with Gasteiger partial charge >= 0.3 is 0 Å². The third-order valence-electron chi connectivity index (χ3n) is 2.78. The van der Waals surface area contributed by atoms with E-state index in [4.69, 9.17) is 10.5 Å². The van der Waals surface area contributed by atoms with E-state index in [2.05, 4.69) is 34.9 Å². The molecule has 0 amide bonds. The van der Waals surface area contributed by atoms with E-state index in [1.807, 2.05) is 29.1 Å². The lowest BCUT2D eigenvalue weighted by Gasteiger charge is -2.07. The SMILES string of the molecule is CC(C)n1cc(Oc2ccc(CCN)c(Br)c2)cn1. The zero-order valence-electron chi connectivity index (χ0n) is 11.1. The lowest BCUT2D eigenvalue weighted by Crippen LogP contribution is -2.03. The number of nitrogens with two attached hydrogens (primary N) is 1. The van der Waals surface area contributed by atoms with E-state index in [0.717, 1.165) is 22.4 Å². The highest BCUT2D eigenvalue weighted by Gasteiger charge is 2.06. The van der Waals surface area contributed by atoms with Gasteiger partial charge in [-0.05, 0) is 44.5 Å². The van der Waals surface area contributed by atoms with Crippen LogP contribution in [0.5, 0.6) is 11.5 Å². The van der Waals surface area contributed by atoms with Crippen LogP contribution >= 0.6 is 15.9 Å². The van der Waals surface area contributed by atoms with Crippen LogP contribution in [0.25, 0.3) is 0 Å². The van der Waals surface area contributed by atoms with Gasteiger partial charge in [-0.1, -0.05) is 22.0 Å². The number of benzene rings is 1. The van der Waals surface area contributed by atoms with Gasteiger partial charge in [0.25, 0.3) is 0 Å². The second-order valence-electron chi connectivity index (χ2n) is 4.64. The van der Waals surface area contributed by atoms with E-state index in [1.165, 1.54) is 5.56 Å². The molecule has 1 aromatic heterocycles. The summed E-state index contributed by atoms with van der Waals surface area (Å²) in [5, 5.41) is 4.24. The molecule has 0 saturated heterocycles. The van der Waals surface area contributed by atoms with Crippen molar-refractivity contribution in [2.24, 2.45) is 5.73 Å². The van der Waals surface area contributed by atoms with Crippen molar-refractivity contribution in [1.29, 1.82) is 0 Å². The molecule has 0 spiro atoms. The fourth-order valence-corrected chi connectivity index (χ4v) is 2.30. The smallest absolute Gasteiger partial charge is 0.165 e. The second kappa shape index (κ2) is 6.21. The highest BCUT2D eigenvalue weighted by Crippen LogP contribution is 2.27. The van der Waals surface area contributed by atoms with Crippen LogP contribution in [0.4, 0.5) is 0 Å². The van der Waals surface area contributed by atoms with Gasteiger partial charge in [0, 0.05) is 10.5 Å². The van der Waals surface area contributed by atoms with E-state index in [0.29, 0.717) is 12.6 Å². The fourth-order valence-electron chi connectivity index (χ4n) is 1.74. The molecule has 2 aromatic rings. The zero-order valence-corrected chi connectivity index (χ0v) is 12.7. The Hall–Kier alpha value is -1.33. The van der Waals surface area contributed by atoms with Gasteiger partial charge in [-0.25, -0.2) is 0 Å². The third kappa shape index (κ3) is 3.58. The molecule has 0 saturated carbocycles. The summed E-state index contributed by atoms with van der Waals surface area (Å²) < 4.78 is 8.67. The van der Waals surface area contributed by atoms with Crippen molar-refractivity contribution in [1.82, 2.24) is 9.78 Å². The van der Waals surface area contributed by atoms with Gasteiger partial charge in [-0.3, -0.25) is 4.68 Å². The van der Waals surface area contributed by atoms with Crippen LogP contribution in [0.3, 0.4) is 0 Å². The van der Waals surface area contributed by atoms with E-state index >= 15 is 0 Å². The summed E-state index contributed by atoms with van der Waals surface area (Å²) in [6.45, 7) is 4.80. The maximum Gasteiger partial charge on any atom is 0.165 e. The van der Waals surface area contributed by atoms with E-state index in [9.17, 15) is 0 Å². The van der Waals surface area contributed by atoms with Crippen LogP contribution < -0.4 is 10.5 Å². The third-order valence-corrected chi connectivity index (χ3v) is 3.52. The Balaban J connectivity index is 2.12. The zero-order chi connectivity index (χ0) is 13.8. The van der Waals surface area contributed by atoms with Crippen LogP contribution in [0.15, 0.2) is 35.1 Å². The number of halogens is 1. The molecular weight excluding hydrogens is 306 g/mol. The average molecular weight is 324 g/mol. The van der Waals surface area contributed by atoms with Crippen LogP contribution in [-0.4, -0.2) is 16.3 Å². The van der Waals surface area contributed by atoms with Crippen molar-refractivity contribution < 1.29 is 4.74 Å². The van der Waals surface area contributed by atoms with Crippen molar-refractivity contribution >= 4 is 15.9 Å². The van der Waals surface area contributed by atoms with Gasteiger partial charge in [0.2, 0.25) is 0 Å². The summed E-state index contributed by atoms with van der Waals surface area (Å²) in [4.78, 5) is 0. The lowest BCUT2D eigenvalue weighted by atomic mass is 10.1. The van der Waals surface area contributed by atoms with Crippen molar-refractivity contribution in [3.8, 4) is 11.5 Å². The molecule has 2 rings (SSSR count). The summed E-state index contributed by atoms with van der Waals surface area (Å²) in [6, 6.07) is 6.26. The minimum atomic E-state index is 0.330. The van der Waals surface area contributed by atoms with Gasteiger partial charge in [-0.15, -0.1) is 0 Å². The van der Waals surface area contributed by atoms with E-state index in [1.54, 1.807) is 6.20 Å². The molecule has 1 aromatic carbocycles. The van der Waals surface area contributed by atoms with Crippen LogP contribution in [-0.2, 0) is 6.42 Å². The van der Waals surface area contributed by atoms with Gasteiger partial charge in [0.1, 0.15) is 5.75 Å². The van der Waals surface area contributed by atoms with E-state index < -0.39 is 0 Å². The summed E-state index contributed by atoms with van der Waals surface area (Å²) >= 11 is 3.53. The quantitative estimate of drug-likeness (QED) is 0.915. The molecule has 0 unspecified atom stereocenters. The minimum absolute atomic E-state index is 0.330. The molecule has 1 heterocycles. The first-order chi connectivity index (χ1) is 9.10. The number of hydrogen-bond acceptors (Lipinski definition) is 3. The molecule has 19 heavy (non-hydrogen) atoms. The molecule has 0 aliphatic heterocycles. The molecule has 2 N–H and O–H groups in total. The molecule has 5 heteroatoms. The molecule has 0 atom stereocenters. The molecule has 0 aliphatic carbocycles. The number of rotatable bonds is 5. The van der Waals surface area contributed by atoms with E-state index in [-0.39, 0.29) is 0 Å². The van der Waals surface area contributed by atoms with Crippen LogP contribution in [0.1, 0.15) is 25.5 Å². The average Bonchev–Trinajstić information content (AvgIpc) is 2.81. The first-order valence-electron chi connectivity index (χ1n) is 6.30. The van der Waals surface area contributed by atoms with Crippen molar-refractivity contribution in [2.45, 2.75) is 26.3 Å². The van der Waals surface area contributed by atoms with Crippen LogP contribution in [0.2, 0.25) is 0 Å². The van der Waals surface area contributed by atoms with Crippen molar-refractivity contribution in [2.75, 3.05) is 6.54 Å². The Bertz CT molecular complexity index is 551. The second-order valence-corrected chi connectivity index (χ2v) is 5.50. The number of aromatic nitrogens is 2. The normalized spacial score (nSPS) is 11.0. The Labute approximate surface area is 121 Å². The Morgan fingerprint density at radius 1 is 1.37 bits per heavy atom. The topological polar surface area (TPSA) is 53.1 Å². The minimum Gasteiger partial charge on any atom is -0.454 e. The lowest BCUT2D eigenvalue weighted by molar-refractivity contribution is 0.476. The molecule has 0 aliphatic rings. The van der Waals surface area contributed by atoms with Crippen LogP contribution in [0, 0.1) is 0 Å². The predicted molar refractivity (Wildman–Crippen MR) is 79.6 cm³/mol. The number of hydrogen-bond donors (Lipinski definition) is 1. The maximum atomic E-state index is 5.78. The first-order valence-corrected chi connectivity index (χ1v) is 7.10. The summed E-state index contributed by atoms with van der Waals surface area (Å²) in [5.41, 5.74) is 6.75. The van der Waals surface area contributed by atoms with Crippen molar-refractivity contribution in [3.05, 3.63) is 40.6 Å². The molecule has 0 fully saturated rings. The highest BCUT2D eigenvalue weighted by molar-refractivity contribution is 9.10. The molecule has 0 bridgehead atoms. The monoisotopic (exact) mass is 323 g/mol. The summed E-state index contributed by atoms with van der Waals surface area (Å²) in [6.07, 6.45) is 4.47. The Kier molecular flexibility index (Phi) is 4.61. The Morgan fingerprint density at radius 2 is 2.16 bits per heavy atom. The first kappa shape index (κ1) is 14.1. The van der Waals surface area contributed by atoms with Crippen molar-refractivity contribution in [3.63, 3.8) is 0 Å². The maximum absolute atomic E-state index is 5.78. The molecular formula is C14H18BrN3O. The largest absolute Gasteiger partial charge is 0.454 e. The van der Waals surface area contributed by atoms with Gasteiger partial charge in [-0.2, -0.15) is 5.10 Å².